The first-order chi connectivity index (χ1) is 5.86. The lowest BCUT2D eigenvalue weighted by Crippen LogP contribution is -1.84. The molecule has 1 rings (SSSR count). The van der Waals surface area contributed by atoms with Crippen LogP contribution in [-0.2, 0) is 0 Å². The van der Waals surface area contributed by atoms with E-state index in [4.69, 9.17) is 5.26 Å². The van der Waals surface area contributed by atoms with Crippen LogP contribution in [0.1, 0.15) is 0 Å². The van der Waals surface area contributed by atoms with Gasteiger partial charge in [-0.3, -0.25) is 0 Å². The fourth-order valence-corrected chi connectivity index (χ4v) is 2.76. The highest BCUT2D eigenvalue weighted by Crippen LogP contribution is 2.27. The molecule has 0 bridgehead atoms. The summed E-state index contributed by atoms with van der Waals surface area (Å²) >= 11 is 4.22. The highest BCUT2D eigenvalue weighted by atomic mass is 32.2. The quantitative estimate of drug-likeness (QED) is 0.360. The number of hydrogen-bond donors (Lipinski definition) is 1. The predicted molar refractivity (Wildman–Crippen MR) is 53.4 cm³/mol. The molecule has 0 saturated heterocycles. The summed E-state index contributed by atoms with van der Waals surface area (Å²) in [5.41, 5.74) is 0. The van der Waals surface area contributed by atoms with E-state index in [9.17, 15) is 0 Å². The monoisotopic (exact) mass is 218 g/mol. The Kier molecular flexibility index (Phi) is 4.21. The number of thiocyanates is 1. The van der Waals surface area contributed by atoms with Crippen LogP contribution in [0.4, 0.5) is 5.13 Å². The number of rotatable bonds is 4. The number of nitrogens with one attached hydrogen (secondary N) is 1. The Labute approximate surface area is 82.8 Å². The Balaban J connectivity index is 2.37. The molecule has 1 N–H and O–H groups in total. The normalized spacial score (nSPS) is 9.33. The highest BCUT2D eigenvalue weighted by Gasteiger charge is 2.01. The third-order valence-corrected chi connectivity index (χ3v) is 3.67. The van der Waals surface area contributed by atoms with Crippen LogP contribution < -0.4 is 5.32 Å². The summed E-state index contributed by atoms with van der Waals surface area (Å²) < 4.78 is 0.891. The fraction of sp³-hybridized carbons (Fsp3) is 0.400. The van der Waals surface area contributed by atoms with Gasteiger partial charge >= 0.3 is 0 Å². The van der Waals surface area contributed by atoms with Crippen molar-refractivity contribution < 1.29 is 0 Å². The van der Waals surface area contributed by atoms with E-state index in [-0.39, 0.29) is 0 Å². The molecule has 0 aromatic carbocycles. The average Bonchev–Trinajstić information content (AvgIpc) is 2.53. The van der Waals surface area contributed by atoms with E-state index in [0.717, 1.165) is 9.47 Å². The maximum absolute atomic E-state index is 8.25. The van der Waals surface area contributed by atoms with Crippen molar-refractivity contribution in [2.45, 2.75) is 4.34 Å². The van der Waals surface area contributed by atoms with E-state index >= 15 is 0 Å². The molecule has 0 saturated carbocycles. The molecule has 0 unspecified atom stereocenters. The standard InChI is InChI=1S/C5H6N4S3/c1-7-4-8-9-5(12-4)11-3-10-2-6/h3H2,1H3,(H,7,8). The molecule has 0 aliphatic rings. The molecule has 0 aliphatic heterocycles. The average molecular weight is 218 g/mol. The minimum atomic E-state index is 0.703. The SMILES string of the molecule is CNc1nnc(SCSC#N)s1. The highest BCUT2D eigenvalue weighted by molar-refractivity contribution is 8.18. The van der Waals surface area contributed by atoms with E-state index in [0.29, 0.717) is 5.08 Å². The minimum absolute atomic E-state index is 0.703. The van der Waals surface area contributed by atoms with Gasteiger partial charge in [0, 0.05) is 7.05 Å². The Morgan fingerprint density at radius 2 is 2.50 bits per heavy atom. The van der Waals surface area contributed by atoms with Crippen LogP contribution in [-0.4, -0.2) is 22.3 Å². The molecule has 4 nitrogen and oxygen atoms in total. The van der Waals surface area contributed by atoms with Crippen LogP contribution in [0.2, 0.25) is 0 Å². The zero-order chi connectivity index (χ0) is 8.81. The molecular weight excluding hydrogens is 212 g/mol. The molecule has 0 aliphatic carbocycles. The van der Waals surface area contributed by atoms with Gasteiger partial charge in [-0.25, -0.2) is 0 Å². The first kappa shape index (κ1) is 9.64. The molecule has 64 valence electrons. The molecule has 0 atom stereocenters. The first-order valence-corrected chi connectivity index (χ1v) is 5.80. The largest absolute Gasteiger partial charge is 0.363 e. The fourth-order valence-electron chi connectivity index (χ4n) is 0.475. The van der Waals surface area contributed by atoms with Crippen molar-refractivity contribution in [3.05, 3.63) is 0 Å². The summed E-state index contributed by atoms with van der Waals surface area (Å²) in [7, 11) is 1.80. The van der Waals surface area contributed by atoms with Gasteiger partial charge < -0.3 is 5.32 Å². The molecular formula is C5H6N4S3. The van der Waals surface area contributed by atoms with Gasteiger partial charge in [-0.15, -0.1) is 10.2 Å². The maximum Gasteiger partial charge on any atom is 0.206 e. The molecule has 0 amide bonds. The Hall–Kier alpha value is -0.450. The Bertz CT molecular complexity index is 278. The van der Waals surface area contributed by atoms with Crippen LogP contribution in [0.15, 0.2) is 4.34 Å². The van der Waals surface area contributed by atoms with E-state index in [1.54, 1.807) is 7.05 Å². The first-order valence-electron chi connectivity index (χ1n) is 3.01. The third kappa shape index (κ3) is 2.89. The summed E-state index contributed by atoms with van der Waals surface area (Å²) in [5, 5.41) is 22.4. The minimum Gasteiger partial charge on any atom is -0.363 e. The number of thioether (sulfide) groups is 2. The topological polar surface area (TPSA) is 61.6 Å². The zero-order valence-electron chi connectivity index (χ0n) is 6.27. The second-order valence-electron chi connectivity index (χ2n) is 1.62. The van der Waals surface area contributed by atoms with Gasteiger partial charge in [-0.1, -0.05) is 23.1 Å². The molecule has 1 aromatic heterocycles. The zero-order valence-corrected chi connectivity index (χ0v) is 8.72. The van der Waals surface area contributed by atoms with Crippen molar-refractivity contribution in [1.82, 2.24) is 10.2 Å². The van der Waals surface area contributed by atoms with Gasteiger partial charge in [0.05, 0.1) is 5.08 Å². The van der Waals surface area contributed by atoms with E-state index in [1.165, 1.54) is 34.9 Å². The predicted octanol–water partition coefficient (Wildman–Crippen LogP) is 1.84. The van der Waals surface area contributed by atoms with E-state index in [1.807, 2.05) is 5.40 Å². The number of nitrogens with zero attached hydrogens (tertiary/aromatic N) is 3. The summed E-state index contributed by atoms with van der Waals surface area (Å²) in [6, 6.07) is 0. The van der Waals surface area contributed by atoms with Gasteiger partial charge in [-0.05, 0) is 11.8 Å². The van der Waals surface area contributed by atoms with Crippen LogP contribution in [0.5, 0.6) is 0 Å². The number of nitriles is 1. The molecule has 12 heavy (non-hydrogen) atoms. The lowest BCUT2D eigenvalue weighted by Gasteiger charge is -1.87. The summed E-state index contributed by atoms with van der Waals surface area (Å²) in [6.45, 7) is 0. The maximum atomic E-state index is 8.25. The number of hydrogen-bond acceptors (Lipinski definition) is 7. The summed E-state index contributed by atoms with van der Waals surface area (Å²) in [5.74, 6) is 0. The molecule has 0 fully saturated rings. The number of anilines is 1. The Morgan fingerprint density at radius 3 is 3.08 bits per heavy atom. The smallest absolute Gasteiger partial charge is 0.206 e. The van der Waals surface area contributed by atoms with Crippen LogP contribution in [0, 0.1) is 10.7 Å². The van der Waals surface area contributed by atoms with Gasteiger partial charge in [0.1, 0.15) is 5.40 Å². The van der Waals surface area contributed by atoms with Crippen molar-refractivity contribution in [3.8, 4) is 5.40 Å². The van der Waals surface area contributed by atoms with Crippen molar-refractivity contribution in [1.29, 1.82) is 5.26 Å². The summed E-state index contributed by atoms with van der Waals surface area (Å²) in [4.78, 5) is 0. The lowest BCUT2D eigenvalue weighted by molar-refractivity contribution is 1.01. The van der Waals surface area contributed by atoms with Gasteiger partial charge in [-0.2, -0.15) is 5.26 Å². The van der Waals surface area contributed by atoms with Crippen LogP contribution in [0.3, 0.4) is 0 Å². The molecule has 1 aromatic rings. The van der Waals surface area contributed by atoms with Crippen molar-refractivity contribution >= 4 is 40.0 Å². The van der Waals surface area contributed by atoms with Crippen molar-refractivity contribution in [3.63, 3.8) is 0 Å². The third-order valence-electron chi connectivity index (χ3n) is 0.926. The van der Waals surface area contributed by atoms with Crippen molar-refractivity contribution in [2.75, 3.05) is 17.4 Å². The van der Waals surface area contributed by atoms with Gasteiger partial charge in [0.2, 0.25) is 5.13 Å². The van der Waals surface area contributed by atoms with Gasteiger partial charge in [0.15, 0.2) is 4.34 Å². The second kappa shape index (κ2) is 5.24. The summed E-state index contributed by atoms with van der Waals surface area (Å²) in [6.07, 6.45) is 0. The lowest BCUT2D eigenvalue weighted by atomic mass is 11.1. The molecule has 0 radical (unpaired) electrons. The van der Waals surface area contributed by atoms with Crippen molar-refractivity contribution in [2.24, 2.45) is 0 Å². The van der Waals surface area contributed by atoms with E-state index < -0.39 is 0 Å². The number of aromatic nitrogens is 2. The second-order valence-corrected chi connectivity index (χ2v) is 4.95. The Morgan fingerprint density at radius 1 is 1.67 bits per heavy atom. The van der Waals surface area contributed by atoms with Crippen LogP contribution in [0.25, 0.3) is 0 Å². The molecule has 1 heterocycles. The van der Waals surface area contributed by atoms with Crippen LogP contribution >= 0.6 is 34.9 Å². The molecule has 0 spiro atoms. The molecule has 7 heteroatoms. The van der Waals surface area contributed by atoms with E-state index in [2.05, 4.69) is 15.5 Å². The van der Waals surface area contributed by atoms with Gasteiger partial charge in [0.25, 0.3) is 0 Å².